The van der Waals surface area contributed by atoms with Gasteiger partial charge >= 0.3 is 6.01 Å². The molecule has 1 N–H and O–H groups in total. The van der Waals surface area contributed by atoms with Crippen molar-refractivity contribution >= 4 is 21.9 Å². The molecule has 2 aromatic rings. The predicted octanol–water partition coefficient (Wildman–Crippen LogP) is 3.92. The van der Waals surface area contributed by atoms with Crippen molar-refractivity contribution in [1.29, 1.82) is 0 Å². The molecular weight excluding hydrogens is 404 g/mol. The molecule has 0 aliphatic carbocycles. The minimum atomic E-state index is -3.64. The van der Waals surface area contributed by atoms with Crippen LogP contribution in [0.25, 0.3) is 0 Å². The maximum absolute atomic E-state index is 13.1. The van der Waals surface area contributed by atoms with Gasteiger partial charge in [0, 0.05) is 24.1 Å². The molecule has 0 unspecified atom stereocenters. The first-order valence-corrected chi connectivity index (χ1v) is 11.5. The summed E-state index contributed by atoms with van der Waals surface area (Å²) in [6, 6.07) is 5.86. The Morgan fingerprint density at radius 2 is 1.57 bits per heavy atom. The molecule has 1 aromatic carbocycles. The molecule has 1 amide bonds. The number of carbonyl (C=O) groups excluding carboxylic acids is 1. The normalized spacial score (nSPS) is 12.7. The van der Waals surface area contributed by atoms with Gasteiger partial charge in [0.05, 0.1) is 4.90 Å². The van der Waals surface area contributed by atoms with Crippen LogP contribution in [-0.4, -0.2) is 41.9 Å². The van der Waals surface area contributed by atoms with Crippen LogP contribution in [0.4, 0.5) is 6.01 Å². The van der Waals surface area contributed by atoms with Gasteiger partial charge in [-0.05, 0) is 36.1 Å². The summed E-state index contributed by atoms with van der Waals surface area (Å²) in [7, 11) is -3.64. The molecule has 0 radical (unpaired) electrons. The van der Waals surface area contributed by atoms with Crippen LogP contribution in [0.15, 0.2) is 33.6 Å². The van der Waals surface area contributed by atoms with Crippen LogP contribution >= 0.6 is 0 Å². The Bertz CT molecular complexity index is 948. The molecule has 0 atom stereocenters. The highest BCUT2D eigenvalue weighted by atomic mass is 32.2. The lowest BCUT2D eigenvalue weighted by Crippen LogP contribution is -2.37. The van der Waals surface area contributed by atoms with Gasteiger partial charge in [-0.2, -0.15) is 4.31 Å². The Hall–Kier alpha value is -2.26. The summed E-state index contributed by atoms with van der Waals surface area (Å²) in [5.41, 5.74) is -0.0344. The number of benzene rings is 1. The number of hydrogen-bond donors (Lipinski definition) is 1. The zero-order valence-electron chi connectivity index (χ0n) is 18.8. The van der Waals surface area contributed by atoms with E-state index in [1.165, 1.54) is 28.6 Å². The fourth-order valence-electron chi connectivity index (χ4n) is 2.76. The van der Waals surface area contributed by atoms with Gasteiger partial charge in [0.15, 0.2) is 0 Å². The summed E-state index contributed by atoms with van der Waals surface area (Å²) in [4.78, 5) is 12.6. The molecule has 1 heterocycles. The van der Waals surface area contributed by atoms with E-state index >= 15 is 0 Å². The van der Waals surface area contributed by atoms with E-state index in [1.807, 2.05) is 48.5 Å². The van der Waals surface area contributed by atoms with Crippen LogP contribution in [0.3, 0.4) is 0 Å². The molecule has 0 fully saturated rings. The number of nitrogens with one attached hydrogen (secondary N) is 1. The summed E-state index contributed by atoms with van der Waals surface area (Å²) in [6.45, 7) is 14.6. The number of carbonyl (C=O) groups is 1. The van der Waals surface area contributed by atoms with Crippen molar-refractivity contribution < 1.29 is 17.6 Å². The van der Waals surface area contributed by atoms with Gasteiger partial charge in [0.25, 0.3) is 5.91 Å². The summed E-state index contributed by atoms with van der Waals surface area (Å²) < 4.78 is 33.1. The highest BCUT2D eigenvalue weighted by Gasteiger charge is 2.26. The molecule has 0 aliphatic rings. The van der Waals surface area contributed by atoms with Crippen molar-refractivity contribution in [2.45, 2.75) is 58.8 Å². The Balaban J connectivity index is 2.18. The lowest BCUT2D eigenvalue weighted by Gasteiger charge is -2.25. The molecule has 166 valence electrons. The minimum Gasteiger partial charge on any atom is -0.407 e. The van der Waals surface area contributed by atoms with Crippen molar-refractivity contribution in [3.05, 3.63) is 35.7 Å². The Morgan fingerprint density at radius 1 is 1.03 bits per heavy atom. The third-order valence-electron chi connectivity index (χ3n) is 4.18. The topological polar surface area (TPSA) is 105 Å². The molecular formula is C21H32N4O4S. The summed E-state index contributed by atoms with van der Waals surface area (Å²) in [6.07, 6.45) is 0. The van der Waals surface area contributed by atoms with Gasteiger partial charge in [-0.15, -0.1) is 5.10 Å². The maximum atomic E-state index is 13.1. The van der Waals surface area contributed by atoms with E-state index in [0.717, 1.165) is 0 Å². The van der Waals surface area contributed by atoms with E-state index in [0.29, 0.717) is 24.5 Å². The van der Waals surface area contributed by atoms with Crippen molar-refractivity contribution in [2.24, 2.45) is 11.8 Å². The minimum absolute atomic E-state index is 0.00154. The molecule has 9 heteroatoms. The average Bonchev–Trinajstić information content (AvgIpc) is 3.09. The third kappa shape index (κ3) is 6.12. The molecule has 0 bridgehead atoms. The number of amides is 1. The van der Waals surface area contributed by atoms with Crippen molar-refractivity contribution in [3.8, 4) is 0 Å². The Labute approximate surface area is 179 Å². The fourth-order valence-corrected chi connectivity index (χ4v) is 4.53. The van der Waals surface area contributed by atoms with Gasteiger partial charge in [0.1, 0.15) is 0 Å². The molecule has 1 aromatic heterocycles. The molecule has 0 saturated carbocycles. The van der Waals surface area contributed by atoms with E-state index in [1.54, 1.807) is 0 Å². The second-order valence-electron chi connectivity index (χ2n) is 9.25. The van der Waals surface area contributed by atoms with E-state index in [-0.39, 0.29) is 28.2 Å². The second-order valence-corrected chi connectivity index (χ2v) is 11.2. The first kappa shape index (κ1) is 24.0. The monoisotopic (exact) mass is 436 g/mol. The molecule has 0 spiro atoms. The highest BCUT2D eigenvalue weighted by Crippen LogP contribution is 2.23. The number of anilines is 1. The summed E-state index contributed by atoms with van der Waals surface area (Å²) in [5.74, 6) is 0.367. The van der Waals surface area contributed by atoms with Gasteiger partial charge < -0.3 is 4.42 Å². The van der Waals surface area contributed by atoms with Gasteiger partial charge in [-0.25, -0.2) is 8.42 Å². The van der Waals surface area contributed by atoms with E-state index in [4.69, 9.17) is 4.42 Å². The van der Waals surface area contributed by atoms with Crippen LogP contribution in [0, 0.1) is 11.8 Å². The summed E-state index contributed by atoms with van der Waals surface area (Å²) >= 11 is 0. The Kier molecular flexibility index (Phi) is 7.41. The molecule has 2 rings (SSSR count). The maximum Gasteiger partial charge on any atom is 0.322 e. The zero-order chi connectivity index (χ0) is 22.7. The lowest BCUT2D eigenvalue weighted by atomic mass is 9.97. The fraction of sp³-hybridized carbons (Fsp3) is 0.571. The second kappa shape index (κ2) is 9.26. The summed E-state index contributed by atoms with van der Waals surface area (Å²) in [5, 5.41) is 10.3. The van der Waals surface area contributed by atoms with E-state index in [2.05, 4.69) is 15.5 Å². The van der Waals surface area contributed by atoms with Gasteiger partial charge in [-0.3, -0.25) is 10.1 Å². The largest absolute Gasteiger partial charge is 0.407 e. The molecule has 0 saturated heterocycles. The number of rotatable bonds is 8. The molecule has 0 aliphatic heterocycles. The average molecular weight is 437 g/mol. The number of sulfonamides is 1. The third-order valence-corrected chi connectivity index (χ3v) is 6.02. The van der Waals surface area contributed by atoms with Crippen LogP contribution in [0.1, 0.15) is 64.7 Å². The van der Waals surface area contributed by atoms with Gasteiger partial charge in [-0.1, -0.05) is 53.6 Å². The van der Waals surface area contributed by atoms with Crippen LogP contribution < -0.4 is 5.32 Å². The van der Waals surface area contributed by atoms with Crippen molar-refractivity contribution in [3.63, 3.8) is 0 Å². The number of hydrogen-bond acceptors (Lipinski definition) is 6. The molecule has 30 heavy (non-hydrogen) atoms. The SMILES string of the molecule is CC(C)CN(CC(C)C)S(=O)(=O)c1ccc(C(=O)Nc2nnc(C(C)(C)C)o2)cc1. The lowest BCUT2D eigenvalue weighted by molar-refractivity contribution is 0.102. The smallest absolute Gasteiger partial charge is 0.322 e. The molecule has 8 nitrogen and oxygen atoms in total. The number of aromatic nitrogens is 2. The number of nitrogens with zero attached hydrogens (tertiary/aromatic N) is 3. The standard InChI is InChI=1S/C21H32N4O4S/c1-14(2)12-25(13-15(3)4)30(27,28)17-10-8-16(9-11-17)18(26)22-20-24-23-19(29-20)21(5,6)7/h8-11,14-15H,12-13H2,1-7H3,(H,22,24,26). The van der Waals surface area contributed by atoms with Crippen LogP contribution in [0.5, 0.6) is 0 Å². The van der Waals surface area contributed by atoms with Crippen molar-refractivity contribution in [1.82, 2.24) is 14.5 Å². The van der Waals surface area contributed by atoms with E-state index < -0.39 is 15.9 Å². The zero-order valence-corrected chi connectivity index (χ0v) is 19.6. The first-order valence-electron chi connectivity index (χ1n) is 10.1. The first-order chi connectivity index (χ1) is 13.8. The highest BCUT2D eigenvalue weighted by molar-refractivity contribution is 7.89. The Morgan fingerprint density at radius 3 is 2.00 bits per heavy atom. The van der Waals surface area contributed by atoms with Crippen molar-refractivity contribution in [2.75, 3.05) is 18.4 Å². The van der Waals surface area contributed by atoms with E-state index in [9.17, 15) is 13.2 Å². The predicted molar refractivity (Wildman–Crippen MR) is 116 cm³/mol. The quantitative estimate of drug-likeness (QED) is 0.672. The van der Waals surface area contributed by atoms with Gasteiger partial charge in [0.2, 0.25) is 15.9 Å². The van der Waals surface area contributed by atoms with Crippen LogP contribution in [-0.2, 0) is 15.4 Å². The van der Waals surface area contributed by atoms with Crippen LogP contribution in [0.2, 0.25) is 0 Å².